The summed E-state index contributed by atoms with van der Waals surface area (Å²) in [5.74, 6) is 0.380. The molecule has 1 aromatic rings. The van der Waals surface area contributed by atoms with Gasteiger partial charge in [0.25, 0.3) is 0 Å². The first kappa shape index (κ1) is 10.4. The number of hydrogen-bond acceptors (Lipinski definition) is 3. The summed E-state index contributed by atoms with van der Waals surface area (Å²) >= 11 is 5.83. The van der Waals surface area contributed by atoms with Crippen LogP contribution < -0.4 is 10.2 Å². The molecule has 0 radical (unpaired) electrons. The highest BCUT2D eigenvalue weighted by molar-refractivity contribution is 6.60. The van der Waals surface area contributed by atoms with E-state index in [1.807, 2.05) is 0 Å². The maximum absolute atomic E-state index is 8.98. The fourth-order valence-electron chi connectivity index (χ4n) is 1.06. The first-order valence-corrected chi connectivity index (χ1v) is 4.14. The average molecular weight is 200 g/mol. The third-order valence-corrected chi connectivity index (χ3v) is 2.20. The van der Waals surface area contributed by atoms with Gasteiger partial charge in [-0.25, -0.2) is 0 Å². The number of hydrogen-bond donors (Lipinski definition) is 2. The van der Waals surface area contributed by atoms with Crippen molar-refractivity contribution in [2.24, 2.45) is 0 Å². The topological polar surface area (TPSA) is 49.7 Å². The van der Waals surface area contributed by atoms with Gasteiger partial charge in [0.05, 0.1) is 7.11 Å². The summed E-state index contributed by atoms with van der Waals surface area (Å²) < 4.78 is 4.94. The van der Waals surface area contributed by atoms with Gasteiger partial charge in [-0.3, -0.25) is 0 Å². The Kier molecular flexibility index (Phi) is 3.19. The Morgan fingerprint density at radius 3 is 2.46 bits per heavy atom. The summed E-state index contributed by atoms with van der Waals surface area (Å²) in [6.45, 7) is 1.79. The minimum atomic E-state index is -1.54. The molecule has 13 heavy (non-hydrogen) atoms. The fraction of sp³-hybridized carbons (Fsp3) is 0.250. The molecule has 0 amide bonds. The quantitative estimate of drug-likeness (QED) is 0.677. The van der Waals surface area contributed by atoms with Crippen molar-refractivity contribution < 1.29 is 14.8 Å². The third-order valence-electron chi connectivity index (χ3n) is 1.79. The molecule has 0 unspecified atom stereocenters. The maximum atomic E-state index is 8.98. The van der Waals surface area contributed by atoms with E-state index in [-0.39, 0.29) is 0 Å². The highest BCUT2D eigenvalue weighted by atomic mass is 35.5. The molecule has 2 N–H and O–H groups in total. The van der Waals surface area contributed by atoms with Gasteiger partial charge in [0, 0.05) is 10.5 Å². The molecule has 70 valence electrons. The zero-order valence-corrected chi connectivity index (χ0v) is 8.17. The van der Waals surface area contributed by atoms with E-state index in [1.54, 1.807) is 19.1 Å². The van der Waals surface area contributed by atoms with Crippen molar-refractivity contribution in [3.05, 3.63) is 22.7 Å². The molecule has 0 aromatic heterocycles. The third kappa shape index (κ3) is 2.15. The van der Waals surface area contributed by atoms with Crippen LogP contribution in [-0.4, -0.2) is 24.3 Å². The Labute approximate surface area is 82.1 Å². The predicted octanol–water partition coefficient (Wildman–Crippen LogP) is 0.337. The molecule has 0 fully saturated rings. The zero-order valence-electron chi connectivity index (χ0n) is 7.41. The monoisotopic (exact) mass is 200 g/mol. The standard InChI is InChI=1S/C8H10BClO3/c1-5-3-6(9(11)12)8(13-2)4-7(5)10/h3-4,11-12H,1-2H3. The van der Waals surface area contributed by atoms with E-state index in [4.69, 9.17) is 26.4 Å². The van der Waals surface area contributed by atoms with Gasteiger partial charge in [-0.2, -0.15) is 0 Å². The van der Waals surface area contributed by atoms with Gasteiger partial charge in [-0.05, 0) is 18.6 Å². The number of rotatable bonds is 2. The van der Waals surface area contributed by atoms with Crippen molar-refractivity contribution in [2.45, 2.75) is 6.92 Å². The number of aryl methyl sites for hydroxylation is 1. The van der Waals surface area contributed by atoms with Crippen LogP contribution in [0, 0.1) is 6.92 Å². The SMILES string of the molecule is COc1cc(Cl)c(C)cc1B(O)O. The van der Waals surface area contributed by atoms with Gasteiger partial charge < -0.3 is 14.8 Å². The van der Waals surface area contributed by atoms with E-state index in [0.29, 0.717) is 16.2 Å². The van der Waals surface area contributed by atoms with Gasteiger partial charge in [0.2, 0.25) is 0 Å². The minimum Gasteiger partial charge on any atom is -0.497 e. The maximum Gasteiger partial charge on any atom is 0.492 e. The molecule has 0 atom stereocenters. The van der Waals surface area contributed by atoms with Gasteiger partial charge in [0.1, 0.15) is 5.75 Å². The molecule has 0 spiro atoms. The van der Waals surface area contributed by atoms with Gasteiger partial charge in [-0.15, -0.1) is 0 Å². The minimum absolute atomic E-state index is 0.324. The van der Waals surface area contributed by atoms with Gasteiger partial charge >= 0.3 is 7.12 Å². The van der Waals surface area contributed by atoms with Crippen LogP contribution >= 0.6 is 11.6 Å². The van der Waals surface area contributed by atoms with Crippen LogP contribution in [0.3, 0.4) is 0 Å². The Bertz CT molecular complexity index is 315. The summed E-state index contributed by atoms with van der Waals surface area (Å²) in [4.78, 5) is 0. The lowest BCUT2D eigenvalue weighted by molar-refractivity contribution is 0.403. The lowest BCUT2D eigenvalue weighted by atomic mass is 9.79. The van der Waals surface area contributed by atoms with Crippen molar-refractivity contribution in [1.29, 1.82) is 0 Å². The Morgan fingerprint density at radius 2 is 2.00 bits per heavy atom. The van der Waals surface area contributed by atoms with Crippen LogP contribution in [0.2, 0.25) is 5.02 Å². The summed E-state index contributed by atoms with van der Waals surface area (Å²) in [5, 5.41) is 18.5. The van der Waals surface area contributed by atoms with Crippen LogP contribution in [0.1, 0.15) is 5.56 Å². The van der Waals surface area contributed by atoms with Crippen LogP contribution in [0.5, 0.6) is 5.75 Å². The van der Waals surface area contributed by atoms with Crippen molar-refractivity contribution in [1.82, 2.24) is 0 Å². The Morgan fingerprint density at radius 1 is 1.38 bits per heavy atom. The van der Waals surface area contributed by atoms with Gasteiger partial charge in [0.15, 0.2) is 0 Å². The summed E-state index contributed by atoms with van der Waals surface area (Å²) in [5.41, 5.74) is 1.11. The average Bonchev–Trinajstić information content (AvgIpc) is 2.08. The number of methoxy groups -OCH3 is 1. The molecule has 0 heterocycles. The number of ether oxygens (including phenoxy) is 1. The lowest BCUT2D eigenvalue weighted by Crippen LogP contribution is -2.31. The van der Waals surface area contributed by atoms with Crippen molar-refractivity contribution in [2.75, 3.05) is 7.11 Å². The summed E-state index contributed by atoms with van der Waals surface area (Å²) in [7, 11) is -0.0849. The van der Waals surface area contributed by atoms with E-state index in [0.717, 1.165) is 5.56 Å². The van der Waals surface area contributed by atoms with E-state index in [2.05, 4.69) is 0 Å². The highest BCUT2D eigenvalue weighted by Gasteiger charge is 2.18. The smallest absolute Gasteiger partial charge is 0.492 e. The van der Waals surface area contributed by atoms with E-state index >= 15 is 0 Å². The first-order chi connectivity index (χ1) is 6.06. The second-order valence-corrected chi connectivity index (χ2v) is 3.12. The summed E-state index contributed by atoms with van der Waals surface area (Å²) in [6, 6.07) is 3.15. The molecule has 1 aromatic carbocycles. The fourth-order valence-corrected chi connectivity index (χ4v) is 1.22. The predicted molar refractivity (Wildman–Crippen MR) is 52.6 cm³/mol. The molecule has 1 rings (SSSR count). The van der Waals surface area contributed by atoms with Gasteiger partial charge in [-0.1, -0.05) is 17.7 Å². The van der Waals surface area contributed by atoms with Crippen LogP contribution in [0.25, 0.3) is 0 Å². The van der Waals surface area contributed by atoms with Crippen molar-refractivity contribution in [3.63, 3.8) is 0 Å². The zero-order chi connectivity index (χ0) is 10.0. The van der Waals surface area contributed by atoms with E-state index in [1.165, 1.54) is 7.11 Å². The highest BCUT2D eigenvalue weighted by Crippen LogP contribution is 2.19. The Hall–Kier alpha value is -0.705. The molecule has 0 aliphatic rings. The number of halogens is 1. The largest absolute Gasteiger partial charge is 0.497 e. The first-order valence-electron chi connectivity index (χ1n) is 3.76. The normalized spacial score (nSPS) is 9.92. The molecule has 0 aliphatic heterocycles. The second-order valence-electron chi connectivity index (χ2n) is 2.72. The molecule has 0 saturated heterocycles. The molecule has 0 bridgehead atoms. The van der Waals surface area contributed by atoms with Crippen LogP contribution in [-0.2, 0) is 0 Å². The van der Waals surface area contributed by atoms with Crippen LogP contribution in [0.15, 0.2) is 12.1 Å². The molecule has 5 heteroatoms. The molecular formula is C8H10BClO3. The van der Waals surface area contributed by atoms with Crippen LogP contribution in [0.4, 0.5) is 0 Å². The van der Waals surface area contributed by atoms with Crippen molar-refractivity contribution >= 4 is 24.2 Å². The molecule has 3 nitrogen and oxygen atoms in total. The Balaban J connectivity index is 3.25. The van der Waals surface area contributed by atoms with E-state index < -0.39 is 7.12 Å². The molecule has 0 saturated carbocycles. The second kappa shape index (κ2) is 4.00. The summed E-state index contributed by atoms with van der Waals surface area (Å²) in [6.07, 6.45) is 0. The number of benzene rings is 1. The lowest BCUT2D eigenvalue weighted by Gasteiger charge is -2.09. The molecule has 0 aliphatic carbocycles. The van der Waals surface area contributed by atoms with Crippen molar-refractivity contribution in [3.8, 4) is 5.75 Å². The molecular weight excluding hydrogens is 190 g/mol. The van der Waals surface area contributed by atoms with E-state index in [9.17, 15) is 0 Å².